The number of nitrogens with zero attached hydrogens (tertiary/aromatic N) is 1. The number of fused-ring (bicyclic) bond motifs is 1. The SMILES string of the molecule is CC(C)(C)OC(=O)NCC1CCN(S(=O)(=O)c2ccc3c(c2)CCO3)CC1. The van der Waals surface area contributed by atoms with Crippen molar-refractivity contribution in [2.24, 2.45) is 5.92 Å². The fourth-order valence-corrected chi connectivity index (χ4v) is 4.89. The van der Waals surface area contributed by atoms with Crippen LogP contribution in [0.2, 0.25) is 0 Å². The molecule has 0 aliphatic carbocycles. The van der Waals surface area contributed by atoms with Gasteiger partial charge in [-0.15, -0.1) is 0 Å². The number of rotatable bonds is 4. The predicted molar refractivity (Wildman–Crippen MR) is 101 cm³/mol. The maximum Gasteiger partial charge on any atom is 0.407 e. The van der Waals surface area contributed by atoms with Crippen LogP contribution < -0.4 is 10.1 Å². The van der Waals surface area contributed by atoms with Crippen molar-refractivity contribution in [1.82, 2.24) is 9.62 Å². The lowest BCUT2D eigenvalue weighted by molar-refractivity contribution is 0.0513. The Morgan fingerprint density at radius 2 is 2.00 bits per heavy atom. The Morgan fingerprint density at radius 1 is 1.30 bits per heavy atom. The van der Waals surface area contributed by atoms with E-state index in [-0.39, 0.29) is 5.92 Å². The second-order valence-corrected chi connectivity index (χ2v) is 10.0. The highest BCUT2D eigenvalue weighted by Crippen LogP contribution is 2.30. The Hall–Kier alpha value is -1.80. The van der Waals surface area contributed by atoms with Gasteiger partial charge >= 0.3 is 6.09 Å². The van der Waals surface area contributed by atoms with Gasteiger partial charge in [0.15, 0.2) is 0 Å². The van der Waals surface area contributed by atoms with Gasteiger partial charge in [0.05, 0.1) is 11.5 Å². The minimum atomic E-state index is -3.50. The summed E-state index contributed by atoms with van der Waals surface area (Å²) in [6.07, 6.45) is 1.74. The highest BCUT2D eigenvalue weighted by Gasteiger charge is 2.30. The summed E-state index contributed by atoms with van der Waals surface area (Å²) in [7, 11) is -3.50. The summed E-state index contributed by atoms with van der Waals surface area (Å²) in [5, 5.41) is 2.78. The van der Waals surface area contributed by atoms with Gasteiger partial charge in [-0.25, -0.2) is 13.2 Å². The van der Waals surface area contributed by atoms with Gasteiger partial charge in [-0.1, -0.05) is 0 Å². The smallest absolute Gasteiger partial charge is 0.407 e. The Balaban J connectivity index is 1.53. The molecule has 27 heavy (non-hydrogen) atoms. The van der Waals surface area contributed by atoms with Crippen molar-refractivity contribution in [3.8, 4) is 5.75 Å². The second-order valence-electron chi connectivity index (χ2n) is 8.10. The summed E-state index contributed by atoms with van der Waals surface area (Å²) in [4.78, 5) is 12.1. The van der Waals surface area contributed by atoms with Crippen LogP contribution in [-0.4, -0.2) is 50.7 Å². The van der Waals surface area contributed by atoms with Gasteiger partial charge in [-0.3, -0.25) is 0 Å². The first kappa shape index (κ1) is 19.9. The van der Waals surface area contributed by atoms with Crippen molar-refractivity contribution in [3.63, 3.8) is 0 Å². The molecule has 1 N–H and O–H groups in total. The Bertz CT molecular complexity index is 793. The first-order chi connectivity index (χ1) is 12.6. The van der Waals surface area contributed by atoms with E-state index in [0.717, 1.165) is 17.7 Å². The lowest BCUT2D eigenvalue weighted by atomic mass is 9.98. The molecule has 8 heteroatoms. The largest absolute Gasteiger partial charge is 0.493 e. The van der Waals surface area contributed by atoms with Gasteiger partial charge in [0.1, 0.15) is 11.4 Å². The summed E-state index contributed by atoms with van der Waals surface area (Å²) >= 11 is 0. The maximum atomic E-state index is 12.9. The zero-order valence-corrected chi connectivity index (χ0v) is 17.0. The van der Waals surface area contributed by atoms with E-state index in [1.165, 1.54) is 4.31 Å². The van der Waals surface area contributed by atoms with Crippen molar-refractivity contribution >= 4 is 16.1 Å². The quantitative estimate of drug-likeness (QED) is 0.845. The molecule has 1 aromatic rings. The van der Waals surface area contributed by atoms with Gasteiger partial charge in [0, 0.05) is 26.1 Å². The molecule has 2 aliphatic heterocycles. The topological polar surface area (TPSA) is 84.9 Å². The van der Waals surface area contributed by atoms with E-state index in [1.54, 1.807) is 18.2 Å². The van der Waals surface area contributed by atoms with E-state index in [4.69, 9.17) is 9.47 Å². The second kappa shape index (κ2) is 7.67. The highest BCUT2D eigenvalue weighted by molar-refractivity contribution is 7.89. The molecule has 0 aromatic heterocycles. The van der Waals surface area contributed by atoms with Crippen molar-refractivity contribution in [3.05, 3.63) is 23.8 Å². The lowest BCUT2D eigenvalue weighted by Gasteiger charge is -2.31. The number of carbonyl (C=O) groups excluding carboxylic acids is 1. The van der Waals surface area contributed by atoms with Crippen molar-refractivity contribution < 1.29 is 22.7 Å². The van der Waals surface area contributed by atoms with E-state index in [2.05, 4.69) is 5.32 Å². The van der Waals surface area contributed by atoms with Gasteiger partial charge in [0.2, 0.25) is 10.0 Å². The third kappa shape index (κ3) is 4.93. The molecule has 2 aliphatic rings. The molecule has 3 rings (SSSR count). The average molecular weight is 397 g/mol. The number of amides is 1. The first-order valence-electron chi connectivity index (χ1n) is 9.38. The van der Waals surface area contributed by atoms with Crippen LogP contribution >= 0.6 is 0 Å². The van der Waals surface area contributed by atoms with Crippen molar-refractivity contribution in [1.29, 1.82) is 0 Å². The molecule has 1 saturated heterocycles. The maximum absolute atomic E-state index is 12.9. The summed E-state index contributed by atoms with van der Waals surface area (Å²) in [5.74, 6) is 1.03. The third-order valence-electron chi connectivity index (χ3n) is 4.81. The Kier molecular flexibility index (Phi) is 5.67. The van der Waals surface area contributed by atoms with E-state index in [9.17, 15) is 13.2 Å². The lowest BCUT2D eigenvalue weighted by Crippen LogP contribution is -2.42. The minimum Gasteiger partial charge on any atom is -0.493 e. The Morgan fingerprint density at radius 3 is 2.67 bits per heavy atom. The molecule has 2 heterocycles. The van der Waals surface area contributed by atoms with Crippen molar-refractivity contribution in [2.75, 3.05) is 26.2 Å². The normalized spacial score (nSPS) is 18.6. The van der Waals surface area contributed by atoms with Crippen LogP contribution in [-0.2, 0) is 21.2 Å². The van der Waals surface area contributed by atoms with Crippen molar-refractivity contribution in [2.45, 2.75) is 50.5 Å². The molecule has 1 fully saturated rings. The minimum absolute atomic E-state index is 0.248. The van der Waals surface area contributed by atoms with Crippen LogP contribution in [0.1, 0.15) is 39.2 Å². The Labute approximate surface area is 161 Å². The molecule has 0 unspecified atom stereocenters. The number of hydrogen-bond donors (Lipinski definition) is 1. The molecule has 7 nitrogen and oxygen atoms in total. The molecule has 150 valence electrons. The average Bonchev–Trinajstić information content (AvgIpc) is 3.06. The molecule has 0 bridgehead atoms. The van der Waals surface area contributed by atoms with E-state index >= 15 is 0 Å². The molecule has 0 atom stereocenters. The number of piperidine rings is 1. The third-order valence-corrected chi connectivity index (χ3v) is 6.70. The van der Waals surface area contributed by atoms with Gasteiger partial charge < -0.3 is 14.8 Å². The number of carbonyl (C=O) groups is 1. The van der Waals surface area contributed by atoms with E-state index in [1.807, 2.05) is 20.8 Å². The first-order valence-corrected chi connectivity index (χ1v) is 10.8. The summed E-state index contributed by atoms with van der Waals surface area (Å²) in [5.41, 5.74) is 0.426. The van der Waals surface area contributed by atoms with Crippen LogP contribution in [0.3, 0.4) is 0 Å². The van der Waals surface area contributed by atoms with Gasteiger partial charge in [-0.2, -0.15) is 4.31 Å². The summed E-state index contributed by atoms with van der Waals surface area (Å²) in [6.45, 7) is 7.48. The standard InChI is InChI=1S/C19H28N2O5S/c1-19(2,3)26-18(22)20-13-14-6-9-21(10-7-14)27(23,24)16-4-5-17-15(12-16)8-11-25-17/h4-5,12,14H,6-11,13H2,1-3H3,(H,20,22). The zero-order chi connectivity index (χ0) is 19.7. The number of nitrogens with one attached hydrogen (secondary N) is 1. The van der Waals surface area contributed by atoms with E-state index < -0.39 is 21.7 Å². The molecular weight excluding hydrogens is 368 g/mol. The number of ether oxygens (including phenoxy) is 2. The molecule has 0 radical (unpaired) electrons. The number of alkyl carbamates (subject to hydrolysis) is 1. The molecule has 1 aromatic carbocycles. The zero-order valence-electron chi connectivity index (χ0n) is 16.2. The predicted octanol–water partition coefficient (Wildman–Crippen LogP) is 2.55. The van der Waals surface area contributed by atoms with Crippen LogP contribution in [0, 0.1) is 5.92 Å². The van der Waals surface area contributed by atoms with Crippen LogP contribution in [0.15, 0.2) is 23.1 Å². The molecule has 1 amide bonds. The molecular formula is C19H28N2O5S. The monoisotopic (exact) mass is 396 g/mol. The molecule has 0 spiro atoms. The van der Waals surface area contributed by atoms with Crippen LogP contribution in [0.5, 0.6) is 5.75 Å². The fourth-order valence-electron chi connectivity index (χ4n) is 3.37. The number of benzene rings is 1. The summed E-state index contributed by atoms with van der Waals surface area (Å²) < 4.78 is 38.0. The molecule has 0 saturated carbocycles. The van der Waals surface area contributed by atoms with Crippen LogP contribution in [0.25, 0.3) is 0 Å². The van der Waals surface area contributed by atoms with Crippen LogP contribution in [0.4, 0.5) is 4.79 Å². The highest BCUT2D eigenvalue weighted by atomic mass is 32.2. The summed E-state index contributed by atoms with van der Waals surface area (Å²) in [6, 6.07) is 5.09. The van der Waals surface area contributed by atoms with Gasteiger partial charge in [0.25, 0.3) is 0 Å². The van der Waals surface area contributed by atoms with Gasteiger partial charge in [-0.05, 0) is 63.3 Å². The van der Waals surface area contributed by atoms with E-state index in [0.29, 0.717) is 44.0 Å². The fraction of sp³-hybridized carbons (Fsp3) is 0.632. The number of hydrogen-bond acceptors (Lipinski definition) is 5. The number of sulfonamides is 1.